The molecule has 0 atom stereocenters. The van der Waals surface area contributed by atoms with E-state index in [-0.39, 0.29) is 30.3 Å². The SMILES string of the molecule is C[Si](C)=[Hf+2].[Cl-].[Cl-].c1ccc(-c2cc3c(-c4cccc5ccccc45)cccc3[cH-]2)cc1.c1ccc(-c2cc3c(-c4cccc5ccccc45)cccc3[cH-]2)cc1. The van der Waals surface area contributed by atoms with E-state index < -0.39 is 0 Å². The maximum atomic E-state index is 2.33. The Morgan fingerprint density at radius 3 is 1.05 bits per heavy atom. The molecule has 0 nitrogen and oxygen atoms in total. The predicted molar refractivity (Wildman–Crippen MR) is 233 cm³/mol. The van der Waals surface area contributed by atoms with Gasteiger partial charge in [0.25, 0.3) is 0 Å². The molecule has 10 aromatic carbocycles. The van der Waals surface area contributed by atoms with E-state index in [1.54, 1.807) is 0 Å². The van der Waals surface area contributed by atoms with Crippen LogP contribution in [0.25, 0.3) is 87.6 Å². The van der Waals surface area contributed by atoms with Gasteiger partial charge in [0.05, 0.1) is 0 Å². The molecule has 0 bridgehead atoms. The summed E-state index contributed by atoms with van der Waals surface area (Å²) < 4.78 is 0. The number of halogens is 2. The second-order valence-electron chi connectivity index (χ2n) is 13.9. The van der Waals surface area contributed by atoms with Crippen molar-refractivity contribution in [2.75, 3.05) is 0 Å². The third-order valence-electron chi connectivity index (χ3n) is 9.88. The summed E-state index contributed by atoms with van der Waals surface area (Å²) in [7, 11) is 0. The molecular formula is C52H40Cl2HfSi-2. The molecule has 4 heteroatoms. The van der Waals surface area contributed by atoms with E-state index in [4.69, 9.17) is 0 Å². The average molecular weight is 942 g/mol. The fourth-order valence-corrected chi connectivity index (χ4v) is 7.45. The summed E-state index contributed by atoms with van der Waals surface area (Å²) in [5.41, 5.74) is 10.6. The minimum Gasteiger partial charge on any atom is -1.00 e. The van der Waals surface area contributed by atoms with Crippen LogP contribution in [0.5, 0.6) is 0 Å². The van der Waals surface area contributed by atoms with Crippen molar-refractivity contribution in [3.63, 3.8) is 0 Å². The first-order valence-electron chi connectivity index (χ1n) is 18.5. The molecule has 0 saturated carbocycles. The molecule has 10 aromatic rings. The van der Waals surface area contributed by atoms with Gasteiger partial charge in [0.15, 0.2) is 0 Å². The molecule has 0 aliphatic heterocycles. The van der Waals surface area contributed by atoms with Gasteiger partial charge in [-0.15, -0.1) is 69.1 Å². The van der Waals surface area contributed by atoms with E-state index >= 15 is 0 Å². The molecule has 0 radical (unpaired) electrons. The van der Waals surface area contributed by atoms with Crippen molar-refractivity contribution in [2.45, 2.75) is 13.1 Å². The second-order valence-corrected chi connectivity index (χ2v) is 26.7. The van der Waals surface area contributed by atoms with E-state index in [0.29, 0.717) is 0 Å². The van der Waals surface area contributed by atoms with Crippen LogP contribution in [0.15, 0.2) is 206 Å². The van der Waals surface area contributed by atoms with Crippen LogP contribution in [0.3, 0.4) is 0 Å². The van der Waals surface area contributed by atoms with Crippen molar-refractivity contribution in [1.82, 2.24) is 0 Å². The molecule has 0 aliphatic carbocycles. The summed E-state index contributed by atoms with van der Waals surface area (Å²) in [5.74, 6) is 0. The molecule has 0 aliphatic rings. The van der Waals surface area contributed by atoms with E-state index in [0.717, 1.165) is 0 Å². The molecule has 0 unspecified atom stereocenters. The van der Waals surface area contributed by atoms with Gasteiger partial charge in [0.2, 0.25) is 0 Å². The first-order valence-corrected chi connectivity index (χ1v) is 26.4. The molecule has 10 rings (SSSR count). The zero-order valence-electron chi connectivity index (χ0n) is 31.4. The summed E-state index contributed by atoms with van der Waals surface area (Å²) in [4.78, 5) is 0. The van der Waals surface area contributed by atoms with Crippen molar-refractivity contribution in [2.24, 2.45) is 0 Å². The maximum absolute atomic E-state index is 2.33. The Morgan fingerprint density at radius 2 is 0.661 bits per heavy atom. The number of fused-ring (bicyclic) bond motifs is 4. The number of hydrogen-bond acceptors (Lipinski definition) is 0. The first-order chi connectivity index (χ1) is 26.5. The monoisotopic (exact) mass is 942 g/mol. The predicted octanol–water partition coefficient (Wildman–Crippen LogP) is 8.88. The topological polar surface area (TPSA) is 0 Å². The standard InChI is InChI=1S/2C25H17.C2H6Si.2ClH.Hf/c2*1-2-8-18(9-3-1)21-16-20-12-7-15-24(25(20)17-21)23-14-6-11-19-10-4-5-13-22(19)23;1-3-2;;;/h2*1-17H;1-2H3;2*1H;/q2*-1;;;;+2/p-2. The summed E-state index contributed by atoms with van der Waals surface area (Å²) in [6.07, 6.45) is 0. The Labute approximate surface area is 357 Å². The van der Waals surface area contributed by atoms with Crippen LogP contribution in [0.1, 0.15) is 0 Å². The molecule has 0 aromatic heterocycles. The van der Waals surface area contributed by atoms with Crippen molar-refractivity contribution < 1.29 is 47.8 Å². The van der Waals surface area contributed by atoms with Crippen LogP contribution < -0.4 is 24.8 Å². The molecule has 272 valence electrons. The van der Waals surface area contributed by atoms with Crippen molar-refractivity contribution in [3.8, 4) is 44.5 Å². The van der Waals surface area contributed by atoms with Gasteiger partial charge in [0.1, 0.15) is 0 Å². The Kier molecular flexibility index (Phi) is 13.8. The van der Waals surface area contributed by atoms with Gasteiger partial charge in [-0.3, -0.25) is 0 Å². The molecule has 0 N–H and O–H groups in total. The quantitative estimate of drug-likeness (QED) is 0.122. The van der Waals surface area contributed by atoms with E-state index in [9.17, 15) is 0 Å². The maximum Gasteiger partial charge on any atom is -0.0112 e. The summed E-state index contributed by atoms with van der Waals surface area (Å²) >= 11 is 1.45. The second kappa shape index (κ2) is 18.9. The molecule has 0 heterocycles. The van der Waals surface area contributed by atoms with Crippen LogP contribution in [-0.2, 0) is 23.0 Å². The van der Waals surface area contributed by atoms with Crippen molar-refractivity contribution >= 4 is 48.6 Å². The van der Waals surface area contributed by atoms with Crippen LogP contribution in [0.2, 0.25) is 13.1 Å². The van der Waals surface area contributed by atoms with Gasteiger partial charge in [-0.1, -0.05) is 192 Å². The molecule has 56 heavy (non-hydrogen) atoms. The molecule has 0 saturated heterocycles. The van der Waals surface area contributed by atoms with E-state index in [1.165, 1.54) is 111 Å². The molecular weight excluding hydrogens is 902 g/mol. The van der Waals surface area contributed by atoms with Crippen LogP contribution in [0, 0.1) is 0 Å². The molecule has 0 spiro atoms. The van der Waals surface area contributed by atoms with Crippen molar-refractivity contribution in [3.05, 3.63) is 206 Å². The van der Waals surface area contributed by atoms with Crippen molar-refractivity contribution in [1.29, 1.82) is 0 Å². The van der Waals surface area contributed by atoms with Crippen LogP contribution >= 0.6 is 0 Å². The Morgan fingerprint density at radius 1 is 0.357 bits per heavy atom. The van der Waals surface area contributed by atoms with Crippen LogP contribution in [0.4, 0.5) is 0 Å². The number of hydrogen-bond donors (Lipinski definition) is 0. The summed E-state index contributed by atoms with van der Waals surface area (Å²) in [6, 6.07) is 74.0. The normalized spacial score (nSPS) is 10.5. The summed E-state index contributed by atoms with van der Waals surface area (Å²) in [6.45, 7) is 4.66. The van der Waals surface area contributed by atoms with E-state index in [2.05, 4.69) is 219 Å². The van der Waals surface area contributed by atoms with Gasteiger partial charge in [-0.25, -0.2) is 0 Å². The van der Waals surface area contributed by atoms with Gasteiger partial charge in [0, 0.05) is 0 Å². The molecule has 0 amide bonds. The fourth-order valence-electron chi connectivity index (χ4n) is 7.45. The number of rotatable bonds is 4. The van der Waals surface area contributed by atoms with E-state index in [1.807, 2.05) is 0 Å². The zero-order chi connectivity index (χ0) is 36.9. The minimum absolute atomic E-state index is 0. The fraction of sp³-hybridized carbons (Fsp3) is 0.0385. The Balaban J connectivity index is 0.000000168. The van der Waals surface area contributed by atoms with Gasteiger partial charge in [-0.05, 0) is 32.7 Å². The smallest absolute Gasteiger partial charge is 0.0112 e. The first kappa shape index (κ1) is 40.8. The largest absolute Gasteiger partial charge is 1.00 e. The Hall–Kier alpha value is -4.83. The molecule has 0 fully saturated rings. The average Bonchev–Trinajstić information content (AvgIpc) is 3.87. The van der Waals surface area contributed by atoms with Gasteiger partial charge < -0.3 is 24.8 Å². The third kappa shape index (κ3) is 8.91. The summed E-state index contributed by atoms with van der Waals surface area (Å²) in [5, 5.41) is 10.4. The van der Waals surface area contributed by atoms with Gasteiger partial charge >= 0.3 is 41.6 Å². The third-order valence-corrected chi connectivity index (χ3v) is 9.88. The minimum atomic E-state index is 0. The van der Waals surface area contributed by atoms with Gasteiger partial charge in [-0.2, -0.15) is 0 Å². The Bertz CT molecular complexity index is 2660. The number of benzene rings is 8. The zero-order valence-corrected chi connectivity index (χ0v) is 37.5. The van der Waals surface area contributed by atoms with Crippen LogP contribution in [-0.4, -0.2) is 5.49 Å².